The van der Waals surface area contributed by atoms with Crippen LogP contribution in [0.25, 0.3) is 100 Å². The molecule has 6 nitrogen and oxygen atoms in total. The van der Waals surface area contributed by atoms with Crippen molar-refractivity contribution in [2.45, 2.75) is 0 Å². The topological polar surface area (TPSA) is 72.3 Å². The number of hydrogen-bond donors (Lipinski definition) is 0. The average Bonchev–Trinajstić information content (AvgIpc) is 3.81. The number of nitriles is 1. The highest BCUT2D eigenvalue weighted by molar-refractivity contribution is 6.28. The van der Waals surface area contributed by atoms with Crippen molar-refractivity contribution in [2.24, 2.45) is 0 Å². The summed E-state index contributed by atoms with van der Waals surface area (Å²) in [5.74, 6) is 1.64. The third-order valence-electron chi connectivity index (χ3n) is 11.0. The number of nitrogens with zero attached hydrogens (tertiary/aromatic N) is 6. The summed E-state index contributed by atoms with van der Waals surface area (Å²) in [4.78, 5) is 14.9. The van der Waals surface area contributed by atoms with E-state index in [1.54, 1.807) is 0 Å². The average molecular weight is 741 g/mol. The molecular formula is C52H32N6. The fraction of sp³-hybridized carbons (Fsp3) is 0. The molecule has 8 aromatic carbocycles. The summed E-state index contributed by atoms with van der Waals surface area (Å²) in [5, 5.41) is 15.5. The highest BCUT2D eigenvalue weighted by Crippen LogP contribution is 2.48. The van der Waals surface area contributed by atoms with E-state index in [1.165, 1.54) is 0 Å². The van der Waals surface area contributed by atoms with Crippen LogP contribution in [0.5, 0.6) is 0 Å². The maximum Gasteiger partial charge on any atom is 0.164 e. The zero-order chi connectivity index (χ0) is 38.6. The molecule has 0 N–H and O–H groups in total. The van der Waals surface area contributed by atoms with E-state index in [2.05, 4.69) is 124 Å². The van der Waals surface area contributed by atoms with E-state index in [1.807, 2.05) is 84.9 Å². The van der Waals surface area contributed by atoms with Crippen LogP contribution < -0.4 is 0 Å². The van der Waals surface area contributed by atoms with Crippen LogP contribution in [0.4, 0.5) is 0 Å². The second kappa shape index (κ2) is 13.6. The van der Waals surface area contributed by atoms with Crippen molar-refractivity contribution < 1.29 is 0 Å². The van der Waals surface area contributed by atoms with Crippen molar-refractivity contribution in [1.29, 1.82) is 5.26 Å². The molecule has 0 saturated carbocycles. The second-order valence-electron chi connectivity index (χ2n) is 14.3. The van der Waals surface area contributed by atoms with Gasteiger partial charge in [-0.3, -0.25) is 0 Å². The van der Waals surface area contributed by atoms with Gasteiger partial charge in [0, 0.05) is 60.7 Å². The summed E-state index contributed by atoms with van der Waals surface area (Å²) in [7, 11) is 0. The lowest BCUT2D eigenvalue weighted by Crippen LogP contribution is -2.00. The van der Waals surface area contributed by atoms with E-state index in [4.69, 9.17) is 15.0 Å². The van der Waals surface area contributed by atoms with Gasteiger partial charge in [0.15, 0.2) is 17.5 Å². The Labute approximate surface area is 334 Å². The minimum absolute atomic E-state index is 0.500. The Morgan fingerprint density at radius 3 is 1.26 bits per heavy atom. The summed E-state index contributed by atoms with van der Waals surface area (Å²) in [6.45, 7) is 0. The lowest BCUT2D eigenvalue weighted by molar-refractivity contribution is 1.07. The zero-order valence-corrected chi connectivity index (χ0v) is 31.2. The molecule has 270 valence electrons. The van der Waals surface area contributed by atoms with Crippen molar-refractivity contribution in [3.63, 3.8) is 0 Å². The van der Waals surface area contributed by atoms with E-state index in [0.29, 0.717) is 23.0 Å². The lowest BCUT2D eigenvalue weighted by Gasteiger charge is -2.14. The minimum atomic E-state index is 0.500. The molecule has 0 atom stereocenters. The molecule has 0 aliphatic rings. The maximum atomic E-state index is 11.1. The quantitative estimate of drug-likeness (QED) is 0.170. The first kappa shape index (κ1) is 33.2. The number of benzene rings is 8. The highest BCUT2D eigenvalue weighted by atomic mass is 15.0. The SMILES string of the molecule is N#Cc1cc(-c2nc(-c3ccccc3)nc(-c3ccccc3)n2)ccc1-c1c2c3ccccc3n(-c3ccccc3)c2cc2c1c1ccccc1n2-c1ccccc1. The monoisotopic (exact) mass is 740 g/mol. The molecule has 3 heterocycles. The van der Waals surface area contributed by atoms with Gasteiger partial charge in [-0.1, -0.05) is 146 Å². The van der Waals surface area contributed by atoms with Gasteiger partial charge in [0.1, 0.15) is 0 Å². The summed E-state index contributed by atoms with van der Waals surface area (Å²) in [6.07, 6.45) is 0. The Balaban J connectivity index is 1.24. The van der Waals surface area contributed by atoms with E-state index in [9.17, 15) is 5.26 Å². The van der Waals surface area contributed by atoms with Crippen molar-refractivity contribution >= 4 is 43.6 Å². The fourth-order valence-corrected chi connectivity index (χ4v) is 8.48. The predicted molar refractivity (Wildman–Crippen MR) is 235 cm³/mol. The van der Waals surface area contributed by atoms with Crippen molar-refractivity contribution in [3.05, 3.63) is 200 Å². The molecule has 0 fully saturated rings. The fourth-order valence-electron chi connectivity index (χ4n) is 8.48. The third-order valence-corrected chi connectivity index (χ3v) is 11.0. The molecule has 11 rings (SSSR count). The van der Waals surface area contributed by atoms with Crippen LogP contribution in [-0.2, 0) is 0 Å². The summed E-state index contributed by atoms with van der Waals surface area (Å²) >= 11 is 0. The molecule has 0 saturated heterocycles. The van der Waals surface area contributed by atoms with Crippen LogP contribution in [0.15, 0.2) is 194 Å². The summed E-state index contributed by atoms with van der Waals surface area (Å²) in [5.41, 5.74) is 11.3. The van der Waals surface area contributed by atoms with Gasteiger partial charge in [-0.05, 0) is 48.5 Å². The molecule has 0 spiro atoms. The largest absolute Gasteiger partial charge is 0.309 e. The third kappa shape index (κ3) is 5.30. The molecule has 11 aromatic rings. The summed E-state index contributed by atoms with van der Waals surface area (Å²) < 4.78 is 4.70. The van der Waals surface area contributed by atoms with Gasteiger partial charge >= 0.3 is 0 Å². The molecule has 0 radical (unpaired) electrons. The van der Waals surface area contributed by atoms with E-state index < -0.39 is 0 Å². The smallest absolute Gasteiger partial charge is 0.164 e. The Bertz CT molecular complexity index is 3190. The predicted octanol–water partition coefficient (Wildman–Crippen LogP) is 12.6. The number of rotatable bonds is 6. The van der Waals surface area contributed by atoms with E-state index in [-0.39, 0.29) is 0 Å². The second-order valence-corrected chi connectivity index (χ2v) is 14.3. The number of fused-ring (bicyclic) bond motifs is 6. The molecule has 58 heavy (non-hydrogen) atoms. The number of aromatic nitrogens is 5. The Kier molecular flexibility index (Phi) is 7.76. The Morgan fingerprint density at radius 1 is 0.379 bits per heavy atom. The zero-order valence-electron chi connectivity index (χ0n) is 31.2. The molecule has 0 aliphatic carbocycles. The Hall–Kier alpha value is -8.14. The highest BCUT2D eigenvalue weighted by Gasteiger charge is 2.25. The first-order valence-corrected chi connectivity index (χ1v) is 19.3. The van der Waals surface area contributed by atoms with Crippen LogP contribution in [0.2, 0.25) is 0 Å². The molecule has 6 heteroatoms. The van der Waals surface area contributed by atoms with Crippen LogP contribution in [0.1, 0.15) is 5.56 Å². The number of para-hydroxylation sites is 4. The van der Waals surface area contributed by atoms with Crippen LogP contribution in [0, 0.1) is 11.3 Å². The van der Waals surface area contributed by atoms with Crippen LogP contribution >= 0.6 is 0 Å². The standard InChI is InChI=1S/C52H32N6/c53-33-37-31-36(52-55-50(34-17-5-1-6-18-34)54-51(56-52)35-19-7-2-8-20-35)29-30-40(37)49-47-41-25-13-15-27-43(41)57(38-21-9-3-10-22-38)45(47)32-46-48(49)42-26-14-16-28-44(42)58(46)39-23-11-4-12-24-39/h1-32H. The molecule has 0 unspecified atom stereocenters. The van der Waals surface area contributed by atoms with Crippen molar-refractivity contribution in [1.82, 2.24) is 24.1 Å². The lowest BCUT2D eigenvalue weighted by atomic mass is 9.90. The van der Waals surface area contributed by atoms with Gasteiger partial charge in [0.25, 0.3) is 0 Å². The first-order chi connectivity index (χ1) is 28.7. The Morgan fingerprint density at radius 2 is 0.793 bits per heavy atom. The van der Waals surface area contributed by atoms with Gasteiger partial charge in [0.05, 0.1) is 33.7 Å². The molecule has 0 aliphatic heterocycles. The molecule has 0 amide bonds. The van der Waals surface area contributed by atoms with E-state index >= 15 is 0 Å². The van der Waals surface area contributed by atoms with Gasteiger partial charge < -0.3 is 9.13 Å². The number of hydrogen-bond acceptors (Lipinski definition) is 4. The van der Waals surface area contributed by atoms with E-state index in [0.717, 1.165) is 82.8 Å². The van der Waals surface area contributed by atoms with Gasteiger partial charge in [0.2, 0.25) is 0 Å². The van der Waals surface area contributed by atoms with Gasteiger partial charge in [-0.2, -0.15) is 5.26 Å². The van der Waals surface area contributed by atoms with Crippen LogP contribution in [0.3, 0.4) is 0 Å². The maximum absolute atomic E-state index is 11.1. The van der Waals surface area contributed by atoms with Crippen molar-refractivity contribution in [2.75, 3.05) is 0 Å². The van der Waals surface area contributed by atoms with Gasteiger partial charge in [-0.15, -0.1) is 0 Å². The summed E-state index contributed by atoms with van der Waals surface area (Å²) in [6, 6.07) is 69.1. The molecule has 0 bridgehead atoms. The van der Waals surface area contributed by atoms with Gasteiger partial charge in [-0.25, -0.2) is 15.0 Å². The van der Waals surface area contributed by atoms with Crippen LogP contribution in [-0.4, -0.2) is 24.1 Å². The normalized spacial score (nSPS) is 11.4. The molecule has 3 aromatic heterocycles. The first-order valence-electron chi connectivity index (χ1n) is 19.3. The van der Waals surface area contributed by atoms with Crippen molar-refractivity contribution in [3.8, 4) is 62.7 Å². The minimum Gasteiger partial charge on any atom is -0.309 e. The molecular weight excluding hydrogens is 709 g/mol.